The number of hydrogen-bond acceptors (Lipinski definition) is 3. The van der Waals surface area contributed by atoms with Crippen LogP contribution in [0.3, 0.4) is 0 Å². The minimum Gasteiger partial charge on any atom is -0.459 e. The summed E-state index contributed by atoms with van der Waals surface area (Å²) in [7, 11) is 0. The number of carbonyl (C=O) groups excluding carboxylic acids is 2. The molecule has 1 aliphatic rings. The van der Waals surface area contributed by atoms with Crippen LogP contribution in [0.5, 0.6) is 0 Å². The summed E-state index contributed by atoms with van der Waals surface area (Å²) in [5.74, 6) is -0.675. The molecule has 1 rings (SSSR count). The number of ether oxygens (including phenoxy) is 1. The second-order valence-corrected chi connectivity index (χ2v) is 4.33. The molecule has 2 unspecified atom stereocenters. The summed E-state index contributed by atoms with van der Waals surface area (Å²) in [6, 6.07) is 0.149. The average Bonchev–Trinajstić information content (AvgIpc) is 2.29. The molecule has 2 atom stereocenters. The predicted molar refractivity (Wildman–Crippen MR) is 60.8 cm³/mol. The van der Waals surface area contributed by atoms with Gasteiger partial charge in [0.05, 0.1) is 6.61 Å². The lowest BCUT2D eigenvalue weighted by molar-refractivity contribution is -0.155. The Morgan fingerprint density at radius 3 is 2.69 bits per heavy atom. The summed E-state index contributed by atoms with van der Waals surface area (Å²) < 4.78 is 4.65. The molecule has 0 aliphatic heterocycles. The summed E-state index contributed by atoms with van der Waals surface area (Å²) in [5, 5.41) is 2.75. The number of hydrogen-bond donors (Lipinski definition) is 1. The van der Waals surface area contributed by atoms with Crippen LogP contribution in [-0.2, 0) is 14.3 Å². The molecule has 4 heteroatoms. The molecule has 4 nitrogen and oxygen atoms in total. The van der Waals surface area contributed by atoms with Gasteiger partial charge in [0.2, 0.25) is 0 Å². The molecule has 1 fully saturated rings. The molecule has 1 N–H and O–H groups in total. The van der Waals surface area contributed by atoms with Gasteiger partial charge in [0.25, 0.3) is 0 Å². The van der Waals surface area contributed by atoms with E-state index in [0.717, 1.165) is 25.7 Å². The van der Waals surface area contributed by atoms with Crippen molar-refractivity contribution >= 4 is 11.9 Å². The average molecular weight is 227 g/mol. The zero-order valence-corrected chi connectivity index (χ0v) is 10.1. The molecule has 1 amide bonds. The van der Waals surface area contributed by atoms with Crippen molar-refractivity contribution in [3.05, 3.63) is 0 Å². The van der Waals surface area contributed by atoms with Crippen molar-refractivity contribution in [2.75, 3.05) is 6.61 Å². The van der Waals surface area contributed by atoms with E-state index in [0.29, 0.717) is 5.92 Å². The molecule has 1 saturated carbocycles. The van der Waals surface area contributed by atoms with Gasteiger partial charge in [-0.05, 0) is 25.7 Å². The van der Waals surface area contributed by atoms with Crippen LogP contribution < -0.4 is 5.32 Å². The summed E-state index contributed by atoms with van der Waals surface area (Å²) in [4.78, 5) is 22.5. The first-order valence-corrected chi connectivity index (χ1v) is 6.15. The first-order valence-electron chi connectivity index (χ1n) is 6.15. The first kappa shape index (κ1) is 13.0. The van der Waals surface area contributed by atoms with Crippen LogP contribution in [0.1, 0.15) is 46.0 Å². The van der Waals surface area contributed by atoms with E-state index in [4.69, 9.17) is 0 Å². The summed E-state index contributed by atoms with van der Waals surface area (Å²) in [6.07, 6.45) is 5.48. The lowest BCUT2D eigenvalue weighted by Gasteiger charge is -2.28. The predicted octanol–water partition coefficient (Wildman–Crippen LogP) is 1.63. The van der Waals surface area contributed by atoms with Crippen LogP contribution in [0.4, 0.5) is 0 Å². The van der Waals surface area contributed by atoms with E-state index in [1.165, 1.54) is 6.42 Å². The lowest BCUT2D eigenvalue weighted by atomic mass is 9.84. The van der Waals surface area contributed by atoms with E-state index < -0.39 is 11.9 Å². The van der Waals surface area contributed by atoms with Gasteiger partial charge in [-0.15, -0.1) is 0 Å². The highest BCUT2D eigenvalue weighted by Gasteiger charge is 2.24. The van der Waals surface area contributed by atoms with Crippen LogP contribution >= 0.6 is 0 Å². The molecule has 0 saturated heterocycles. The molecule has 1 aliphatic carbocycles. The number of esters is 1. The third-order valence-electron chi connectivity index (χ3n) is 3.16. The number of amides is 1. The standard InChI is InChI=1S/C12H21NO3/c1-3-9-6-5-7-10(8-9)13-11(14)12(15)16-4-2/h9-10H,3-8H2,1-2H3,(H,13,14). The van der Waals surface area contributed by atoms with Crippen molar-refractivity contribution in [2.24, 2.45) is 5.92 Å². The van der Waals surface area contributed by atoms with Crippen molar-refractivity contribution in [3.63, 3.8) is 0 Å². The van der Waals surface area contributed by atoms with Crippen molar-refractivity contribution in [1.29, 1.82) is 0 Å². The van der Waals surface area contributed by atoms with Gasteiger partial charge in [-0.2, -0.15) is 0 Å². The molecule has 0 aromatic carbocycles. The molecule has 0 radical (unpaired) electrons. The van der Waals surface area contributed by atoms with E-state index in [-0.39, 0.29) is 12.6 Å². The molecule has 0 heterocycles. The van der Waals surface area contributed by atoms with E-state index in [1.54, 1.807) is 6.92 Å². The Hall–Kier alpha value is -1.06. The fourth-order valence-corrected chi connectivity index (χ4v) is 2.23. The maximum atomic E-state index is 11.4. The van der Waals surface area contributed by atoms with Gasteiger partial charge >= 0.3 is 11.9 Å². The van der Waals surface area contributed by atoms with Crippen molar-refractivity contribution in [1.82, 2.24) is 5.32 Å². The van der Waals surface area contributed by atoms with Gasteiger partial charge in [-0.3, -0.25) is 4.79 Å². The number of rotatable bonds is 3. The lowest BCUT2D eigenvalue weighted by Crippen LogP contribution is -2.42. The van der Waals surface area contributed by atoms with Gasteiger partial charge in [-0.25, -0.2) is 4.79 Å². The Morgan fingerprint density at radius 2 is 2.06 bits per heavy atom. The van der Waals surface area contributed by atoms with Gasteiger partial charge in [0, 0.05) is 6.04 Å². The molecular formula is C12H21NO3. The molecule has 92 valence electrons. The zero-order chi connectivity index (χ0) is 12.0. The monoisotopic (exact) mass is 227 g/mol. The van der Waals surface area contributed by atoms with Crippen LogP contribution in [-0.4, -0.2) is 24.5 Å². The van der Waals surface area contributed by atoms with Crippen LogP contribution in [0, 0.1) is 5.92 Å². The first-order chi connectivity index (χ1) is 7.67. The van der Waals surface area contributed by atoms with Gasteiger partial charge in [0.15, 0.2) is 0 Å². The summed E-state index contributed by atoms with van der Waals surface area (Å²) in [6.45, 7) is 4.10. The van der Waals surface area contributed by atoms with Gasteiger partial charge < -0.3 is 10.1 Å². The van der Waals surface area contributed by atoms with Crippen molar-refractivity contribution < 1.29 is 14.3 Å². The molecule has 0 aromatic rings. The largest absolute Gasteiger partial charge is 0.459 e. The maximum Gasteiger partial charge on any atom is 0.396 e. The maximum absolute atomic E-state index is 11.4. The fourth-order valence-electron chi connectivity index (χ4n) is 2.23. The van der Waals surface area contributed by atoms with Crippen LogP contribution in [0.25, 0.3) is 0 Å². The third-order valence-corrected chi connectivity index (χ3v) is 3.16. The molecular weight excluding hydrogens is 206 g/mol. The Kier molecular flexibility index (Phi) is 5.29. The number of nitrogens with one attached hydrogen (secondary N) is 1. The SMILES string of the molecule is CCOC(=O)C(=O)NC1CCCC(CC)C1. The van der Waals surface area contributed by atoms with E-state index in [9.17, 15) is 9.59 Å². The smallest absolute Gasteiger partial charge is 0.396 e. The van der Waals surface area contributed by atoms with Crippen LogP contribution in [0.15, 0.2) is 0 Å². The minimum absolute atomic E-state index is 0.149. The second-order valence-electron chi connectivity index (χ2n) is 4.33. The quantitative estimate of drug-likeness (QED) is 0.589. The van der Waals surface area contributed by atoms with Gasteiger partial charge in [-0.1, -0.05) is 26.2 Å². The minimum atomic E-state index is -0.763. The Labute approximate surface area is 96.7 Å². The normalized spacial score (nSPS) is 24.9. The zero-order valence-electron chi connectivity index (χ0n) is 10.1. The molecule has 0 bridgehead atoms. The molecule has 0 spiro atoms. The summed E-state index contributed by atoms with van der Waals surface area (Å²) in [5.41, 5.74) is 0. The van der Waals surface area contributed by atoms with Crippen LogP contribution in [0.2, 0.25) is 0 Å². The third kappa shape index (κ3) is 3.83. The van der Waals surface area contributed by atoms with E-state index in [1.807, 2.05) is 0 Å². The number of carbonyl (C=O) groups is 2. The highest BCUT2D eigenvalue weighted by Crippen LogP contribution is 2.26. The van der Waals surface area contributed by atoms with E-state index in [2.05, 4.69) is 17.0 Å². The Bertz CT molecular complexity index is 253. The topological polar surface area (TPSA) is 55.4 Å². The van der Waals surface area contributed by atoms with Crippen molar-refractivity contribution in [3.8, 4) is 0 Å². The highest BCUT2D eigenvalue weighted by molar-refractivity contribution is 6.32. The van der Waals surface area contributed by atoms with Gasteiger partial charge in [0.1, 0.15) is 0 Å². The summed E-state index contributed by atoms with van der Waals surface area (Å²) >= 11 is 0. The molecule has 0 aromatic heterocycles. The van der Waals surface area contributed by atoms with E-state index >= 15 is 0 Å². The second kappa shape index (κ2) is 6.51. The van der Waals surface area contributed by atoms with Crippen molar-refractivity contribution in [2.45, 2.75) is 52.0 Å². The Balaban J connectivity index is 2.35. The molecule has 16 heavy (non-hydrogen) atoms. The highest BCUT2D eigenvalue weighted by atomic mass is 16.5. The fraction of sp³-hybridized carbons (Fsp3) is 0.833. The Morgan fingerprint density at radius 1 is 1.31 bits per heavy atom.